The van der Waals surface area contributed by atoms with E-state index in [2.05, 4.69) is 51.1 Å². The van der Waals surface area contributed by atoms with Crippen LogP contribution in [-0.4, -0.2) is 28.4 Å². The van der Waals surface area contributed by atoms with Crippen LogP contribution in [0, 0.1) is 0 Å². The monoisotopic (exact) mass is 308 g/mol. The Morgan fingerprint density at radius 3 is 2.19 bits per heavy atom. The van der Waals surface area contributed by atoms with E-state index < -0.39 is 8.56 Å². The number of ether oxygens (including phenoxy) is 1. The number of rotatable bonds is 7. The zero-order valence-corrected chi connectivity index (χ0v) is 14.6. The summed E-state index contributed by atoms with van der Waals surface area (Å²) in [6, 6.07) is 11.6. The highest BCUT2D eigenvalue weighted by Crippen LogP contribution is 2.47. The fourth-order valence-corrected chi connectivity index (χ4v) is 8.01. The van der Waals surface area contributed by atoms with Gasteiger partial charge in [0.15, 0.2) is 0 Å². The summed E-state index contributed by atoms with van der Waals surface area (Å²) in [5, 5.41) is -0.368. The van der Waals surface area contributed by atoms with Crippen molar-refractivity contribution in [2.75, 3.05) is 19.8 Å². The molecule has 0 amide bonds. The van der Waals surface area contributed by atoms with Gasteiger partial charge in [0.1, 0.15) is 5.22 Å². The van der Waals surface area contributed by atoms with Crippen molar-refractivity contribution in [3.05, 3.63) is 35.9 Å². The van der Waals surface area contributed by atoms with Crippen LogP contribution in [0.25, 0.3) is 0 Å². The lowest BCUT2D eigenvalue weighted by Gasteiger charge is -2.49. The van der Waals surface area contributed by atoms with Gasteiger partial charge in [-0.05, 0) is 38.8 Å². The van der Waals surface area contributed by atoms with Crippen LogP contribution in [0.1, 0.15) is 45.6 Å². The third-order valence-electron chi connectivity index (χ3n) is 4.29. The molecule has 1 aliphatic rings. The minimum atomic E-state index is -2.45. The van der Waals surface area contributed by atoms with Crippen molar-refractivity contribution in [3.63, 3.8) is 0 Å². The predicted octanol–water partition coefficient (Wildman–Crippen LogP) is 4.16. The fraction of sp³-hybridized carbons (Fsp3) is 0.647. The summed E-state index contributed by atoms with van der Waals surface area (Å²) in [6.07, 6.45) is 3.34. The first-order chi connectivity index (χ1) is 10.2. The molecule has 1 heterocycles. The van der Waals surface area contributed by atoms with Gasteiger partial charge in [-0.15, -0.1) is 0 Å². The van der Waals surface area contributed by atoms with Crippen LogP contribution in [0.3, 0.4) is 0 Å². The zero-order valence-electron chi connectivity index (χ0n) is 13.6. The molecule has 1 unspecified atom stereocenters. The third-order valence-corrected chi connectivity index (χ3v) is 8.72. The van der Waals surface area contributed by atoms with E-state index in [0.29, 0.717) is 19.8 Å². The van der Waals surface area contributed by atoms with E-state index in [1.54, 1.807) is 0 Å². The molecule has 0 aromatic heterocycles. The van der Waals surface area contributed by atoms with E-state index in [0.717, 1.165) is 12.5 Å². The first kappa shape index (κ1) is 16.7. The van der Waals surface area contributed by atoms with Crippen molar-refractivity contribution in [1.82, 2.24) is 0 Å². The highest BCUT2D eigenvalue weighted by Gasteiger charge is 2.61. The van der Waals surface area contributed by atoms with Gasteiger partial charge in [0.05, 0.1) is 0 Å². The molecule has 21 heavy (non-hydrogen) atoms. The second kappa shape index (κ2) is 7.54. The molecule has 3 nitrogen and oxygen atoms in total. The quantitative estimate of drug-likeness (QED) is 0.708. The number of hydrogen-bond acceptors (Lipinski definition) is 3. The molecule has 0 spiro atoms. The summed E-state index contributed by atoms with van der Waals surface area (Å²) < 4.78 is 19.0. The maximum absolute atomic E-state index is 6.39. The molecule has 4 heteroatoms. The highest BCUT2D eigenvalue weighted by molar-refractivity contribution is 6.70. The van der Waals surface area contributed by atoms with Gasteiger partial charge in [-0.25, -0.2) is 0 Å². The molecule has 0 bridgehead atoms. The van der Waals surface area contributed by atoms with Crippen molar-refractivity contribution in [1.29, 1.82) is 0 Å². The lowest BCUT2D eigenvalue weighted by atomic mass is 10.0. The molecule has 0 radical (unpaired) electrons. The molecule has 0 N–H and O–H groups in total. The van der Waals surface area contributed by atoms with Crippen LogP contribution >= 0.6 is 0 Å². The van der Waals surface area contributed by atoms with Gasteiger partial charge >= 0.3 is 8.56 Å². The van der Waals surface area contributed by atoms with Crippen LogP contribution in [0.5, 0.6) is 0 Å². The minimum Gasteiger partial charge on any atom is -0.393 e. The Bertz CT molecular complexity index is 408. The van der Waals surface area contributed by atoms with E-state index >= 15 is 0 Å². The van der Waals surface area contributed by atoms with E-state index in [-0.39, 0.29) is 5.22 Å². The van der Waals surface area contributed by atoms with Gasteiger partial charge in [-0.1, -0.05) is 43.2 Å². The Hall–Kier alpha value is -0.683. The molecule has 1 fully saturated rings. The molecule has 2 rings (SSSR count). The molecule has 1 saturated heterocycles. The summed E-state index contributed by atoms with van der Waals surface area (Å²) >= 11 is 0. The molecule has 1 aromatic rings. The van der Waals surface area contributed by atoms with E-state index in [1.807, 2.05) is 0 Å². The Labute approximate surface area is 129 Å². The summed E-state index contributed by atoms with van der Waals surface area (Å²) in [4.78, 5) is 0. The standard InChI is InChI=1S/C17H28O3Si/c1-4-18-17(16-12-8-7-9-13-16)14-10-11-15-21(17,19-5-2)20-6-3/h7-9,12-13H,4-6,10-11,14-15H2,1-3H3. The molecule has 1 atom stereocenters. The maximum atomic E-state index is 6.39. The highest BCUT2D eigenvalue weighted by atomic mass is 28.4. The molecular weight excluding hydrogens is 280 g/mol. The molecular formula is C17H28O3Si. The smallest absolute Gasteiger partial charge is 0.376 e. The Morgan fingerprint density at radius 1 is 0.952 bits per heavy atom. The Morgan fingerprint density at radius 2 is 1.62 bits per heavy atom. The zero-order chi connectivity index (χ0) is 15.2. The Balaban J connectivity index is 2.51. The first-order valence-corrected chi connectivity index (χ1v) is 10.2. The number of benzene rings is 1. The van der Waals surface area contributed by atoms with Gasteiger partial charge in [0.2, 0.25) is 0 Å². The topological polar surface area (TPSA) is 27.7 Å². The van der Waals surface area contributed by atoms with Crippen LogP contribution < -0.4 is 0 Å². The molecule has 1 aromatic carbocycles. The average Bonchev–Trinajstić information content (AvgIpc) is 2.51. The van der Waals surface area contributed by atoms with E-state index in [9.17, 15) is 0 Å². The van der Waals surface area contributed by atoms with Gasteiger partial charge in [0.25, 0.3) is 0 Å². The number of hydrogen-bond donors (Lipinski definition) is 0. The summed E-state index contributed by atoms with van der Waals surface area (Å²) in [7, 11) is -2.45. The lowest BCUT2D eigenvalue weighted by Crippen LogP contribution is -2.63. The molecule has 0 saturated carbocycles. The Kier molecular flexibility index (Phi) is 5.99. The van der Waals surface area contributed by atoms with Crippen molar-refractivity contribution >= 4 is 8.56 Å². The predicted molar refractivity (Wildman–Crippen MR) is 87.4 cm³/mol. The summed E-state index contributed by atoms with van der Waals surface area (Å²) in [5.41, 5.74) is 1.22. The van der Waals surface area contributed by atoms with E-state index in [1.165, 1.54) is 18.4 Å². The second-order valence-corrected chi connectivity index (χ2v) is 8.84. The van der Waals surface area contributed by atoms with Gasteiger partial charge in [-0.2, -0.15) is 0 Å². The van der Waals surface area contributed by atoms with Crippen LogP contribution in [0.2, 0.25) is 6.04 Å². The second-order valence-electron chi connectivity index (χ2n) is 5.45. The fourth-order valence-electron chi connectivity index (χ4n) is 3.59. The van der Waals surface area contributed by atoms with Gasteiger partial charge in [0, 0.05) is 19.8 Å². The molecule has 1 aliphatic heterocycles. The third kappa shape index (κ3) is 3.09. The van der Waals surface area contributed by atoms with Gasteiger partial charge in [-0.3, -0.25) is 0 Å². The normalized spacial score (nSPS) is 24.9. The van der Waals surface area contributed by atoms with E-state index in [4.69, 9.17) is 13.6 Å². The van der Waals surface area contributed by atoms with Crippen LogP contribution in [0.15, 0.2) is 30.3 Å². The van der Waals surface area contributed by atoms with Crippen LogP contribution in [0.4, 0.5) is 0 Å². The van der Waals surface area contributed by atoms with Gasteiger partial charge < -0.3 is 13.6 Å². The minimum absolute atomic E-state index is 0.368. The van der Waals surface area contributed by atoms with Crippen molar-refractivity contribution in [2.24, 2.45) is 0 Å². The largest absolute Gasteiger partial charge is 0.393 e. The summed E-state index contributed by atoms with van der Waals surface area (Å²) in [5.74, 6) is 0. The lowest BCUT2D eigenvalue weighted by molar-refractivity contribution is -0.0447. The molecule has 118 valence electrons. The maximum Gasteiger partial charge on any atom is 0.376 e. The first-order valence-electron chi connectivity index (χ1n) is 8.22. The SMILES string of the molecule is CCOC1(c2ccccc2)CCCC[Si]1(OCC)OCC. The van der Waals surface area contributed by atoms with Crippen molar-refractivity contribution in [3.8, 4) is 0 Å². The molecule has 0 aliphatic carbocycles. The van der Waals surface area contributed by atoms with Crippen molar-refractivity contribution in [2.45, 2.75) is 51.3 Å². The average molecular weight is 308 g/mol. The summed E-state index contributed by atoms with van der Waals surface area (Å²) in [6.45, 7) is 8.25. The van der Waals surface area contributed by atoms with Crippen molar-refractivity contribution < 1.29 is 13.6 Å². The van der Waals surface area contributed by atoms with Crippen LogP contribution in [-0.2, 0) is 18.8 Å².